The quantitative estimate of drug-likeness (QED) is 0.187. The summed E-state index contributed by atoms with van der Waals surface area (Å²) in [6, 6.07) is 12.2. The van der Waals surface area contributed by atoms with Crippen LogP contribution in [0.3, 0.4) is 0 Å². The SMILES string of the molecule is COc1cccc(/C=C/NC(=O)C(c2csc3ccc(Cl)cc23)P(=O)(O)OCOC(=O)C(C)(C)C)c1. The summed E-state index contributed by atoms with van der Waals surface area (Å²) in [5.41, 5.74) is -1.41. The van der Waals surface area contributed by atoms with Crippen molar-refractivity contribution in [2.75, 3.05) is 13.9 Å². The van der Waals surface area contributed by atoms with Gasteiger partial charge < -0.3 is 19.7 Å². The smallest absolute Gasteiger partial charge is 0.347 e. The van der Waals surface area contributed by atoms with E-state index in [-0.39, 0.29) is 5.56 Å². The van der Waals surface area contributed by atoms with E-state index < -0.39 is 37.3 Å². The van der Waals surface area contributed by atoms with E-state index in [2.05, 4.69) is 5.32 Å². The third-order valence-corrected chi connectivity index (χ3v) is 7.93. The number of ether oxygens (including phenoxy) is 2. The van der Waals surface area contributed by atoms with Crippen molar-refractivity contribution in [1.29, 1.82) is 0 Å². The van der Waals surface area contributed by atoms with E-state index in [4.69, 9.17) is 25.6 Å². The Morgan fingerprint density at radius 2 is 1.97 bits per heavy atom. The molecule has 0 saturated heterocycles. The number of carbonyl (C=O) groups is 2. The van der Waals surface area contributed by atoms with E-state index in [9.17, 15) is 19.0 Å². The lowest BCUT2D eigenvalue weighted by Gasteiger charge is -2.22. The molecule has 1 heterocycles. The molecule has 1 aromatic heterocycles. The van der Waals surface area contributed by atoms with Crippen LogP contribution in [0, 0.1) is 5.41 Å². The van der Waals surface area contributed by atoms with Crippen molar-refractivity contribution in [3.8, 4) is 5.75 Å². The normalized spacial score (nSPS) is 14.4. The lowest BCUT2D eigenvalue weighted by Crippen LogP contribution is -2.27. The van der Waals surface area contributed by atoms with Gasteiger partial charge >= 0.3 is 13.6 Å². The number of esters is 1. The molecular weight excluding hydrogens is 525 g/mol. The number of hydrogen-bond acceptors (Lipinski definition) is 7. The molecule has 0 aliphatic heterocycles. The summed E-state index contributed by atoms with van der Waals surface area (Å²) in [6.07, 6.45) is 2.99. The van der Waals surface area contributed by atoms with E-state index in [0.29, 0.717) is 16.2 Å². The number of thiophene rings is 1. The van der Waals surface area contributed by atoms with Gasteiger partial charge in [0.1, 0.15) is 5.75 Å². The van der Waals surface area contributed by atoms with Crippen LogP contribution < -0.4 is 10.1 Å². The Balaban J connectivity index is 1.88. The Kier molecular flexibility index (Phi) is 8.98. The number of hydrogen-bond donors (Lipinski definition) is 2. The zero-order valence-corrected chi connectivity index (χ0v) is 22.7. The second kappa shape index (κ2) is 11.6. The monoisotopic (exact) mass is 551 g/mol. The average Bonchev–Trinajstić information content (AvgIpc) is 3.20. The molecule has 8 nitrogen and oxygen atoms in total. The second-order valence-corrected chi connectivity index (χ2v) is 12.1. The third kappa shape index (κ3) is 6.96. The van der Waals surface area contributed by atoms with Crippen molar-refractivity contribution in [2.45, 2.75) is 26.4 Å². The maximum atomic E-state index is 13.3. The summed E-state index contributed by atoms with van der Waals surface area (Å²) in [4.78, 5) is 36.1. The van der Waals surface area contributed by atoms with Gasteiger partial charge in [0.25, 0.3) is 0 Å². The third-order valence-electron chi connectivity index (χ3n) is 5.07. The minimum absolute atomic E-state index is 0.276. The molecule has 0 spiro atoms. The molecule has 0 bridgehead atoms. The Labute approximate surface area is 218 Å². The van der Waals surface area contributed by atoms with Crippen molar-refractivity contribution < 1.29 is 33.0 Å². The molecule has 3 rings (SSSR count). The van der Waals surface area contributed by atoms with E-state index in [0.717, 1.165) is 10.3 Å². The number of fused-ring (bicyclic) bond motifs is 1. The number of carbonyl (C=O) groups excluding carboxylic acids is 2. The van der Waals surface area contributed by atoms with Crippen LogP contribution in [0.15, 0.2) is 54.0 Å². The molecule has 2 unspecified atom stereocenters. The van der Waals surface area contributed by atoms with Crippen LogP contribution in [0.4, 0.5) is 0 Å². The molecule has 36 heavy (non-hydrogen) atoms. The van der Waals surface area contributed by atoms with Crippen LogP contribution in [0.1, 0.15) is 37.6 Å². The van der Waals surface area contributed by atoms with Crippen LogP contribution in [0.25, 0.3) is 16.2 Å². The minimum Gasteiger partial charge on any atom is -0.497 e. The molecule has 1 amide bonds. The van der Waals surface area contributed by atoms with Crippen molar-refractivity contribution in [3.63, 3.8) is 0 Å². The number of amides is 1. The lowest BCUT2D eigenvalue weighted by atomic mass is 9.98. The fourth-order valence-electron chi connectivity index (χ4n) is 3.19. The highest BCUT2D eigenvalue weighted by Crippen LogP contribution is 2.58. The second-order valence-electron chi connectivity index (χ2n) is 8.85. The van der Waals surface area contributed by atoms with Gasteiger partial charge in [-0.1, -0.05) is 23.7 Å². The molecule has 2 atom stereocenters. The largest absolute Gasteiger partial charge is 0.497 e. The molecule has 3 aromatic rings. The predicted octanol–water partition coefficient (Wildman–Crippen LogP) is 6.14. The summed E-state index contributed by atoms with van der Waals surface area (Å²) >= 11 is 7.44. The Morgan fingerprint density at radius 3 is 2.67 bits per heavy atom. The molecule has 2 N–H and O–H groups in total. The number of benzene rings is 2. The van der Waals surface area contributed by atoms with Gasteiger partial charge in [-0.15, -0.1) is 11.3 Å². The fourth-order valence-corrected chi connectivity index (χ4v) is 5.72. The molecule has 0 aliphatic carbocycles. The first-order valence-electron chi connectivity index (χ1n) is 10.8. The van der Waals surface area contributed by atoms with Crippen LogP contribution in [0.5, 0.6) is 5.75 Å². The zero-order chi connectivity index (χ0) is 26.5. The van der Waals surface area contributed by atoms with Crippen molar-refractivity contribution in [1.82, 2.24) is 5.32 Å². The van der Waals surface area contributed by atoms with Gasteiger partial charge in [0.15, 0.2) is 5.66 Å². The van der Waals surface area contributed by atoms with Crippen LogP contribution in [-0.2, 0) is 23.4 Å². The van der Waals surface area contributed by atoms with Crippen LogP contribution >= 0.6 is 30.5 Å². The molecule has 192 valence electrons. The molecule has 0 aliphatic rings. The Bertz CT molecular complexity index is 1330. The predicted molar refractivity (Wildman–Crippen MR) is 141 cm³/mol. The molecule has 0 saturated carbocycles. The molecular formula is C25H27ClNO7PS. The van der Waals surface area contributed by atoms with Gasteiger partial charge in [0, 0.05) is 15.9 Å². The number of halogens is 1. The molecule has 2 aromatic carbocycles. The summed E-state index contributed by atoms with van der Waals surface area (Å²) in [6.45, 7) is 4.14. The van der Waals surface area contributed by atoms with Gasteiger partial charge in [0.2, 0.25) is 12.7 Å². The Morgan fingerprint density at radius 1 is 1.22 bits per heavy atom. The molecule has 11 heteroatoms. The topological polar surface area (TPSA) is 111 Å². The van der Waals surface area contributed by atoms with E-state index in [1.807, 2.05) is 0 Å². The van der Waals surface area contributed by atoms with E-state index in [1.165, 1.54) is 17.5 Å². The maximum absolute atomic E-state index is 13.3. The van der Waals surface area contributed by atoms with E-state index in [1.54, 1.807) is 81.8 Å². The summed E-state index contributed by atoms with van der Waals surface area (Å²) in [5.74, 6) is -0.750. The summed E-state index contributed by atoms with van der Waals surface area (Å²) < 4.78 is 29.4. The van der Waals surface area contributed by atoms with Crippen LogP contribution in [-0.4, -0.2) is 30.7 Å². The number of methoxy groups -OCH3 is 1. The highest BCUT2D eigenvalue weighted by Gasteiger charge is 2.42. The van der Waals surface area contributed by atoms with Crippen molar-refractivity contribution in [2.24, 2.45) is 5.41 Å². The highest BCUT2D eigenvalue weighted by atomic mass is 35.5. The van der Waals surface area contributed by atoms with Crippen LogP contribution in [0.2, 0.25) is 5.02 Å². The van der Waals surface area contributed by atoms with Crippen molar-refractivity contribution in [3.05, 3.63) is 70.2 Å². The standard InChI is InChI=1S/C25H27ClNO7PS/c1-25(2,3)24(29)33-15-34-35(30,31)22(20-14-36-21-9-8-17(26)13-19(20)21)23(28)27-11-10-16-6-5-7-18(12-16)32-4/h5-14,22H,15H2,1-4H3,(H,27,28)(H,30,31)/b11-10+. The van der Waals surface area contributed by atoms with Gasteiger partial charge in [0.05, 0.1) is 12.5 Å². The highest BCUT2D eigenvalue weighted by molar-refractivity contribution is 7.54. The Hall–Kier alpha value is -2.68. The first kappa shape index (κ1) is 27.9. The first-order valence-corrected chi connectivity index (χ1v) is 13.7. The molecule has 0 radical (unpaired) electrons. The van der Waals surface area contributed by atoms with Crippen molar-refractivity contribution >= 4 is 58.6 Å². The summed E-state index contributed by atoms with van der Waals surface area (Å²) in [7, 11) is -3.13. The minimum atomic E-state index is -4.68. The first-order chi connectivity index (χ1) is 16.9. The van der Waals surface area contributed by atoms with Gasteiger partial charge in [-0.3, -0.25) is 18.7 Å². The zero-order valence-electron chi connectivity index (χ0n) is 20.2. The maximum Gasteiger partial charge on any atom is 0.347 e. The van der Waals surface area contributed by atoms with E-state index >= 15 is 0 Å². The van der Waals surface area contributed by atoms with Gasteiger partial charge in [-0.05, 0) is 79.1 Å². The fraction of sp³-hybridized carbons (Fsp3) is 0.280. The van der Waals surface area contributed by atoms with Gasteiger partial charge in [-0.2, -0.15) is 0 Å². The average molecular weight is 552 g/mol. The van der Waals surface area contributed by atoms with Gasteiger partial charge in [-0.25, -0.2) is 0 Å². The lowest BCUT2D eigenvalue weighted by molar-refractivity contribution is -0.159. The summed E-state index contributed by atoms with van der Waals surface area (Å²) in [5, 5.41) is 5.13. The number of rotatable bonds is 9. The molecule has 0 fully saturated rings. The number of nitrogens with one attached hydrogen (secondary N) is 1.